The monoisotopic (exact) mass is 653 g/mol. The van der Waals surface area contributed by atoms with E-state index in [1.807, 2.05) is 60.7 Å². The van der Waals surface area contributed by atoms with Crippen molar-refractivity contribution in [1.82, 2.24) is 14.5 Å². The average Bonchev–Trinajstić information content (AvgIpc) is 3.21. The quantitative estimate of drug-likeness (QED) is 0.292. The van der Waals surface area contributed by atoms with Gasteiger partial charge in [-0.15, -0.1) is 0 Å². The summed E-state index contributed by atoms with van der Waals surface area (Å²) in [6.07, 6.45) is 2.98. The van der Waals surface area contributed by atoms with Crippen LogP contribution in [0.1, 0.15) is 47.7 Å². The molecule has 0 aromatic heterocycles. The van der Waals surface area contributed by atoms with Crippen LogP contribution in [-0.4, -0.2) is 83.8 Å². The molecule has 3 aromatic carbocycles. The summed E-state index contributed by atoms with van der Waals surface area (Å²) in [5.74, 6) is 1.29. The summed E-state index contributed by atoms with van der Waals surface area (Å²) >= 11 is 0. The van der Waals surface area contributed by atoms with E-state index in [0.29, 0.717) is 36.0 Å². The Morgan fingerprint density at radius 2 is 1.54 bits per heavy atom. The maximum atomic E-state index is 14.2. The molecule has 1 aliphatic heterocycles. The fraction of sp³-hybridized carbons (Fsp3) is 0.412. The summed E-state index contributed by atoms with van der Waals surface area (Å²) in [5, 5.41) is 2.75. The highest BCUT2D eigenvalue weighted by molar-refractivity contribution is 7.88. The van der Waals surface area contributed by atoms with Crippen molar-refractivity contribution in [1.29, 1.82) is 0 Å². The van der Waals surface area contributed by atoms with E-state index in [9.17, 15) is 18.0 Å². The summed E-state index contributed by atoms with van der Waals surface area (Å²) in [4.78, 5) is 29.2. The lowest BCUT2D eigenvalue weighted by Crippen LogP contribution is -2.47. The van der Waals surface area contributed by atoms with Crippen molar-refractivity contribution < 1.29 is 37.0 Å². The molecule has 0 bridgehead atoms. The highest BCUT2D eigenvalue weighted by atomic mass is 32.2. The molecule has 0 saturated carbocycles. The Bertz CT molecular complexity index is 1630. The van der Waals surface area contributed by atoms with E-state index < -0.39 is 34.4 Å². The number of hydrogen-bond acceptors (Lipinski definition) is 9. The van der Waals surface area contributed by atoms with Gasteiger partial charge in [0.2, 0.25) is 15.9 Å². The Balaban J connectivity index is 1.82. The number of nitrogens with one attached hydrogen (secondary N) is 1. The number of sulfonamides is 1. The average molecular weight is 654 g/mol. The third-order valence-electron chi connectivity index (χ3n) is 8.22. The molecule has 0 fully saturated rings. The summed E-state index contributed by atoms with van der Waals surface area (Å²) in [5.41, 5.74) is 3.78. The molecule has 46 heavy (non-hydrogen) atoms. The molecule has 1 heterocycles. The summed E-state index contributed by atoms with van der Waals surface area (Å²) in [7, 11) is 2.60. The number of aryl methyl sites for hydroxylation is 1. The van der Waals surface area contributed by atoms with E-state index in [1.165, 1.54) is 0 Å². The summed E-state index contributed by atoms with van der Waals surface area (Å²) in [6.45, 7) is 1.64. The minimum atomic E-state index is -3.78. The zero-order chi connectivity index (χ0) is 33.4. The molecular formula is C34H43N3O8S. The molecule has 2 atom stereocenters. The second-order valence-electron chi connectivity index (χ2n) is 11.0. The summed E-state index contributed by atoms with van der Waals surface area (Å²) < 4.78 is 47.5. The zero-order valence-corrected chi connectivity index (χ0v) is 28.1. The maximum absolute atomic E-state index is 14.2. The van der Waals surface area contributed by atoms with Gasteiger partial charge < -0.3 is 24.3 Å². The first-order chi connectivity index (χ1) is 22.1. The lowest BCUT2D eigenvalue weighted by atomic mass is 9.91. The molecule has 3 aromatic rings. The van der Waals surface area contributed by atoms with Crippen molar-refractivity contribution >= 4 is 21.8 Å². The van der Waals surface area contributed by atoms with Gasteiger partial charge in [-0.25, -0.2) is 12.7 Å². The Labute approximate surface area is 271 Å². The van der Waals surface area contributed by atoms with Gasteiger partial charge in [0.1, 0.15) is 6.04 Å². The lowest BCUT2D eigenvalue weighted by Gasteiger charge is -2.37. The van der Waals surface area contributed by atoms with Gasteiger partial charge in [0, 0.05) is 19.1 Å². The van der Waals surface area contributed by atoms with Gasteiger partial charge in [-0.05, 0) is 72.7 Å². The van der Waals surface area contributed by atoms with Crippen LogP contribution in [0, 0.1) is 0 Å². The minimum absolute atomic E-state index is 0.0305. The molecule has 1 aliphatic rings. The van der Waals surface area contributed by atoms with Gasteiger partial charge in [-0.1, -0.05) is 36.4 Å². The largest absolute Gasteiger partial charge is 0.493 e. The van der Waals surface area contributed by atoms with Crippen molar-refractivity contribution in [2.75, 3.05) is 54.3 Å². The predicted octanol–water partition coefficient (Wildman–Crippen LogP) is 3.92. The summed E-state index contributed by atoms with van der Waals surface area (Å²) in [6, 6.07) is 18.0. The highest BCUT2D eigenvalue weighted by Crippen LogP contribution is 2.42. The van der Waals surface area contributed by atoms with E-state index in [0.717, 1.165) is 45.7 Å². The van der Waals surface area contributed by atoms with Crippen LogP contribution in [0.5, 0.6) is 23.0 Å². The number of carbonyl (C=O) groups is 2. The molecule has 0 aliphatic carbocycles. The first kappa shape index (κ1) is 34.6. The molecule has 0 radical (unpaired) electrons. The Kier molecular flexibility index (Phi) is 11.5. The van der Waals surface area contributed by atoms with E-state index in [1.54, 1.807) is 35.4 Å². The standard InChI is InChI=1S/C34H43N3O8S/c1-7-37(46(6,40)41)32(38)22-35-34(39)33(24-12-9-8-10-13-24)36-17-11-14-25-20-30(44-4)31(45-5)21-26(25)27(36)18-23-15-16-28(42-2)29(19-23)43-3/h8-10,12-13,15-16,19-21,27,33H,7,11,14,17-18,22H2,1-6H3,(H,35,39). The molecule has 2 unspecified atom stereocenters. The number of likely N-dealkylation sites (N-methyl/N-ethyl adjacent to an activating group) is 1. The minimum Gasteiger partial charge on any atom is -0.493 e. The van der Waals surface area contributed by atoms with E-state index in [2.05, 4.69) is 10.2 Å². The lowest BCUT2D eigenvalue weighted by molar-refractivity contribution is -0.132. The number of benzene rings is 3. The SMILES string of the molecule is CCN(C(=O)CNC(=O)C(c1ccccc1)N1CCCc2cc(OC)c(OC)cc2C1Cc1ccc(OC)c(OC)c1)S(C)(=O)=O. The van der Waals surface area contributed by atoms with Crippen LogP contribution in [0.15, 0.2) is 60.7 Å². The van der Waals surface area contributed by atoms with Gasteiger partial charge in [-0.3, -0.25) is 14.5 Å². The number of hydrogen-bond donors (Lipinski definition) is 1. The fourth-order valence-corrected chi connectivity index (χ4v) is 6.99. The van der Waals surface area contributed by atoms with Gasteiger partial charge in [0.15, 0.2) is 23.0 Å². The van der Waals surface area contributed by atoms with Gasteiger partial charge in [0.05, 0.1) is 41.2 Å². The Hall–Kier alpha value is -4.29. The van der Waals surface area contributed by atoms with Crippen molar-refractivity contribution in [2.24, 2.45) is 0 Å². The van der Waals surface area contributed by atoms with E-state index in [-0.39, 0.29) is 12.6 Å². The normalized spacial score (nSPS) is 15.6. The van der Waals surface area contributed by atoms with Crippen LogP contribution in [0.3, 0.4) is 0 Å². The van der Waals surface area contributed by atoms with E-state index in [4.69, 9.17) is 18.9 Å². The number of nitrogens with zero attached hydrogens (tertiary/aromatic N) is 2. The Morgan fingerprint density at radius 3 is 2.15 bits per heavy atom. The van der Waals surface area contributed by atoms with Crippen molar-refractivity contribution in [3.8, 4) is 23.0 Å². The number of methoxy groups -OCH3 is 4. The van der Waals surface area contributed by atoms with Crippen LogP contribution < -0.4 is 24.3 Å². The predicted molar refractivity (Wildman–Crippen MR) is 175 cm³/mol. The van der Waals surface area contributed by atoms with Gasteiger partial charge >= 0.3 is 0 Å². The molecular weight excluding hydrogens is 610 g/mol. The number of ether oxygens (including phenoxy) is 4. The molecule has 0 spiro atoms. The first-order valence-corrected chi connectivity index (χ1v) is 17.0. The molecule has 0 saturated heterocycles. The molecule has 11 nitrogen and oxygen atoms in total. The van der Waals surface area contributed by atoms with E-state index >= 15 is 0 Å². The van der Waals surface area contributed by atoms with Crippen LogP contribution in [0.4, 0.5) is 0 Å². The fourth-order valence-electron chi connectivity index (χ4n) is 6.09. The number of fused-ring (bicyclic) bond motifs is 1. The third kappa shape index (κ3) is 7.73. The van der Waals surface area contributed by atoms with Gasteiger partial charge in [-0.2, -0.15) is 0 Å². The van der Waals surface area contributed by atoms with Crippen LogP contribution in [0.2, 0.25) is 0 Å². The first-order valence-electron chi connectivity index (χ1n) is 15.1. The van der Waals surface area contributed by atoms with Crippen LogP contribution in [-0.2, 0) is 32.5 Å². The Morgan fingerprint density at radius 1 is 0.913 bits per heavy atom. The highest BCUT2D eigenvalue weighted by Gasteiger charge is 2.37. The molecule has 12 heteroatoms. The van der Waals surface area contributed by atoms with Gasteiger partial charge in [0.25, 0.3) is 5.91 Å². The topological polar surface area (TPSA) is 124 Å². The van der Waals surface area contributed by atoms with Crippen LogP contribution in [0.25, 0.3) is 0 Å². The molecule has 1 N–H and O–H groups in total. The van der Waals surface area contributed by atoms with Crippen molar-refractivity contribution in [3.05, 3.63) is 82.9 Å². The smallest absolute Gasteiger partial charge is 0.255 e. The zero-order valence-electron chi connectivity index (χ0n) is 27.2. The number of carbonyl (C=O) groups excluding carboxylic acids is 2. The maximum Gasteiger partial charge on any atom is 0.255 e. The van der Waals surface area contributed by atoms with Crippen molar-refractivity contribution in [3.63, 3.8) is 0 Å². The van der Waals surface area contributed by atoms with Crippen molar-refractivity contribution in [2.45, 2.75) is 38.3 Å². The second-order valence-corrected chi connectivity index (χ2v) is 12.9. The number of rotatable bonds is 13. The second kappa shape index (κ2) is 15.3. The third-order valence-corrected chi connectivity index (χ3v) is 9.48. The molecule has 248 valence electrons. The molecule has 4 rings (SSSR count). The number of amides is 2. The van der Waals surface area contributed by atoms with Crippen LogP contribution >= 0.6 is 0 Å². The molecule has 2 amide bonds.